The van der Waals surface area contributed by atoms with Gasteiger partial charge in [-0.25, -0.2) is 4.79 Å². The summed E-state index contributed by atoms with van der Waals surface area (Å²) in [5.41, 5.74) is 7.60. The molecule has 3 amide bonds. The van der Waals surface area contributed by atoms with E-state index >= 15 is 0 Å². The Morgan fingerprint density at radius 3 is 1.92 bits per heavy atom. The van der Waals surface area contributed by atoms with Crippen molar-refractivity contribution in [3.63, 3.8) is 0 Å². The van der Waals surface area contributed by atoms with Crippen molar-refractivity contribution in [3.8, 4) is 5.75 Å². The topological polar surface area (TPSA) is 171 Å². The number of amides is 3. The predicted molar refractivity (Wildman–Crippen MR) is 134 cm³/mol. The van der Waals surface area contributed by atoms with E-state index in [1.165, 1.54) is 19.1 Å². The molecule has 0 aliphatic carbocycles. The van der Waals surface area contributed by atoms with Gasteiger partial charge in [0.15, 0.2) is 0 Å². The normalized spacial score (nSPS) is 14.2. The van der Waals surface area contributed by atoms with Gasteiger partial charge in [0, 0.05) is 6.42 Å². The molecule has 0 saturated carbocycles. The molecule has 194 valence electrons. The number of nitrogens with two attached hydrogens (primary N) is 1. The van der Waals surface area contributed by atoms with Crippen molar-refractivity contribution in [3.05, 3.63) is 65.7 Å². The van der Waals surface area contributed by atoms with Gasteiger partial charge in [0.1, 0.15) is 23.9 Å². The van der Waals surface area contributed by atoms with Crippen LogP contribution in [0.2, 0.25) is 0 Å². The number of benzene rings is 2. The Kier molecular flexibility index (Phi) is 10.4. The van der Waals surface area contributed by atoms with Crippen LogP contribution in [0, 0.1) is 5.92 Å². The molecule has 2 rings (SSSR count). The molecule has 0 bridgehead atoms. The summed E-state index contributed by atoms with van der Waals surface area (Å²) >= 11 is 0. The summed E-state index contributed by atoms with van der Waals surface area (Å²) in [6, 6.07) is 11.2. The number of aromatic hydroxyl groups is 1. The van der Waals surface area contributed by atoms with E-state index in [9.17, 15) is 29.4 Å². The molecule has 0 aromatic heterocycles. The lowest BCUT2D eigenvalue weighted by atomic mass is 10.0. The highest BCUT2D eigenvalue weighted by Gasteiger charge is 2.29. The maximum Gasteiger partial charge on any atom is 0.326 e. The predicted octanol–water partition coefficient (Wildman–Crippen LogP) is 0.720. The van der Waals surface area contributed by atoms with Gasteiger partial charge < -0.3 is 31.9 Å². The highest BCUT2D eigenvalue weighted by molar-refractivity contribution is 5.94. The number of phenols is 1. The van der Waals surface area contributed by atoms with E-state index in [1.54, 1.807) is 26.0 Å². The summed E-state index contributed by atoms with van der Waals surface area (Å²) < 4.78 is 0. The number of carboxylic acid groups (broad SMARTS) is 1. The van der Waals surface area contributed by atoms with Crippen LogP contribution in [-0.2, 0) is 32.0 Å². The van der Waals surface area contributed by atoms with E-state index in [2.05, 4.69) is 16.0 Å². The van der Waals surface area contributed by atoms with Crippen molar-refractivity contribution >= 4 is 23.7 Å². The first-order valence-corrected chi connectivity index (χ1v) is 11.7. The molecule has 10 heteroatoms. The third kappa shape index (κ3) is 8.70. The first-order valence-electron chi connectivity index (χ1n) is 11.7. The molecule has 4 unspecified atom stereocenters. The van der Waals surface area contributed by atoms with Gasteiger partial charge in [-0.05, 0) is 42.5 Å². The standard InChI is InChI=1S/C26H34N4O6/c1-15(2)22(26(35)36)30-23(32)16(3)28-25(34)21(14-18-9-11-19(31)12-10-18)29-24(33)20(27)13-17-7-5-4-6-8-17/h4-12,15-16,20-22,31H,13-14,27H2,1-3H3,(H,28,34)(H,29,33)(H,30,32)(H,35,36). The van der Waals surface area contributed by atoms with Crippen LogP contribution in [0.25, 0.3) is 0 Å². The van der Waals surface area contributed by atoms with Gasteiger partial charge in [-0.2, -0.15) is 0 Å². The van der Waals surface area contributed by atoms with E-state index < -0.39 is 47.9 Å². The Bertz CT molecular complexity index is 1040. The number of hydrogen-bond acceptors (Lipinski definition) is 6. The Hall–Kier alpha value is -3.92. The smallest absolute Gasteiger partial charge is 0.326 e. The zero-order chi connectivity index (χ0) is 26.8. The second-order valence-electron chi connectivity index (χ2n) is 9.03. The number of carboxylic acids is 1. The number of hydrogen-bond donors (Lipinski definition) is 6. The van der Waals surface area contributed by atoms with Crippen LogP contribution in [-0.4, -0.2) is 58.1 Å². The Balaban J connectivity index is 2.12. The summed E-state index contributed by atoms with van der Waals surface area (Å²) in [5, 5.41) is 26.5. The van der Waals surface area contributed by atoms with Crippen molar-refractivity contribution in [1.82, 2.24) is 16.0 Å². The maximum atomic E-state index is 13.1. The van der Waals surface area contributed by atoms with Gasteiger partial charge in [-0.1, -0.05) is 56.3 Å². The molecule has 0 aliphatic heterocycles. The molecule has 10 nitrogen and oxygen atoms in total. The minimum absolute atomic E-state index is 0.0529. The Labute approximate surface area is 210 Å². The number of phenolic OH excluding ortho intramolecular Hbond substituents is 1. The molecule has 0 fully saturated rings. The molecular weight excluding hydrogens is 464 g/mol. The van der Waals surface area contributed by atoms with Gasteiger partial charge in [0.2, 0.25) is 17.7 Å². The van der Waals surface area contributed by atoms with Crippen LogP contribution >= 0.6 is 0 Å². The van der Waals surface area contributed by atoms with E-state index in [-0.39, 0.29) is 24.5 Å². The minimum atomic E-state index is -1.18. The van der Waals surface area contributed by atoms with Gasteiger partial charge in [-0.3, -0.25) is 14.4 Å². The SMILES string of the molecule is CC(NC(=O)C(Cc1ccc(O)cc1)NC(=O)C(N)Cc1ccccc1)C(=O)NC(C(=O)O)C(C)C. The quantitative estimate of drug-likeness (QED) is 0.250. The third-order valence-electron chi connectivity index (χ3n) is 5.63. The molecular formula is C26H34N4O6. The second kappa shape index (κ2) is 13.2. The van der Waals surface area contributed by atoms with E-state index in [0.717, 1.165) is 5.56 Å². The fourth-order valence-electron chi connectivity index (χ4n) is 3.49. The average molecular weight is 499 g/mol. The summed E-state index contributed by atoms with van der Waals surface area (Å²) in [7, 11) is 0. The minimum Gasteiger partial charge on any atom is -0.508 e. The molecule has 0 saturated heterocycles. The van der Waals surface area contributed by atoms with E-state index in [1.807, 2.05) is 30.3 Å². The lowest BCUT2D eigenvalue weighted by Crippen LogP contribution is -2.57. The molecule has 36 heavy (non-hydrogen) atoms. The zero-order valence-electron chi connectivity index (χ0n) is 20.6. The first-order chi connectivity index (χ1) is 17.0. The number of carbonyl (C=O) groups is 4. The molecule has 4 atom stereocenters. The molecule has 2 aromatic rings. The number of rotatable bonds is 12. The van der Waals surface area contributed by atoms with Crippen molar-refractivity contribution in [2.75, 3.05) is 0 Å². The second-order valence-corrected chi connectivity index (χ2v) is 9.03. The third-order valence-corrected chi connectivity index (χ3v) is 5.63. The van der Waals surface area contributed by atoms with Gasteiger partial charge in [0.05, 0.1) is 6.04 Å². The van der Waals surface area contributed by atoms with Crippen LogP contribution in [0.15, 0.2) is 54.6 Å². The lowest BCUT2D eigenvalue weighted by Gasteiger charge is -2.24. The molecule has 0 radical (unpaired) electrons. The highest BCUT2D eigenvalue weighted by atomic mass is 16.4. The van der Waals surface area contributed by atoms with Crippen molar-refractivity contribution in [2.24, 2.45) is 11.7 Å². The zero-order valence-corrected chi connectivity index (χ0v) is 20.6. The first kappa shape index (κ1) is 28.3. The molecule has 7 N–H and O–H groups in total. The maximum absolute atomic E-state index is 13.1. The van der Waals surface area contributed by atoms with Crippen molar-refractivity contribution in [2.45, 2.75) is 57.8 Å². The summed E-state index contributed by atoms with van der Waals surface area (Å²) in [4.78, 5) is 49.8. The monoisotopic (exact) mass is 498 g/mol. The molecule has 0 aliphatic rings. The summed E-state index contributed by atoms with van der Waals surface area (Å²) in [5.74, 6) is -3.33. The van der Waals surface area contributed by atoms with E-state index in [4.69, 9.17) is 5.73 Å². The number of nitrogens with one attached hydrogen (secondary N) is 3. The number of aliphatic carboxylic acids is 1. The largest absolute Gasteiger partial charge is 0.508 e. The summed E-state index contributed by atoms with van der Waals surface area (Å²) in [6.45, 7) is 4.74. The van der Waals surface area contributed by atoms with Crippen LogP contribution in [0.3, 0.4) is 0 Å². The average Bonchev–Trinajstić information content (AvgIpc) is 2.83. The van der Waals surface area contributed by atoms with Gasteiger partial charge >= 0.3 is 5.97 Å². The van der Waals surface area contributed by atoms with Crippen molar-refractivity contribution < 1.29 is 29.4 Å². The lowest BCUT2D eigenvalue weighted by molar-refractivity contribution is -0.143. The molecule has 0 heterocycles. The number of carbonyl (C=O) groups excluding carboxylic acids is 3. The van der Waals surface area contributed by atoms with Crippen LogP contribution in [0.4, 0.5) is 0 Å². The van der Waals surface area contributed by atoms with Crippen LogP contribution in [0.1, 0.15) is 31.9 Å². The van der Waals surface area contributed by atoms with Crippen LogP contribution in [0.5, 0.6) is 5.75 Å². The summed E-state index contributed by atoms with van der Waals surface area (Å²) in [6.07, 6.45) is 0.346. The van der Waals surface area contributed by atoms with E-state index in [0.29, 0.717) is 5.56 Å². The van der Waals surface area contributed by atoms with Gasteiger partial charge in [0.25, 0.3) is 0 Å². The Morgan fingerprint density at radius 2 is 1.36 bits per heavy atom. The molecule has 0 spiro atoms. The Morgan fingerprint density at radius 1 is 0.778 bits per heavy atom. The fraction of sp³-hybridized carbons (Fsp3) is 0.385. The highest BCUT2D eigenvalue weighted by Crippen LogP contribution is 2.12. The fourth-order valence-corrected chi connectivity index (χ4v) is 3.49. The molecule has 2 aromatic carbocycles. The van der Waals surface area contributed by atoms with Crippen LogP contribution < -0.4 is 21.7 Å². The van der Waals surface area contributed by atoms with Gasteiger partial charge in [-0.15, -0.1) is 0 Å². The van der Waals surface area contributed by atoms with Crippen molar-refractivity contribution in [1.29, 1.82) is 0 Å².